The van der Waals surface area contributed by atoms with Crippen LogP contribution >= 0.6 is 0 Å². The molecule has 4 rings (SSSR count). The zero-order chi connectivity index (χ0) is 18.1. The highest BCUT2D eigenvalue weighted by Crippen LogP contribution is 2.29. The lowest BCUT2D eigenvalue weighted by Gasteiger charge is -2.36. The number of hydrogen-bond acceptors (Lipinski definition) is 4. The lowest BCUT2D eigenvalue weighted by Crippen LogP contribution is -2.45. The quantitative estimate of drug-likeness (QED) is 0.771. The number of aromatic nitrogens is 2. The van der Waals surface area contributed by atoms with Gasteiger partial charge in [0.05, 0.1) is 17.2 Å². The Morgan fingerprint density at radius 2 is 1.88 bits per heavy atom. The maximum atomic E-state index is 13.1. The first-order valence-corrected chi connectivity index (χ1v) is 8.56. The smallest absolute Gasteiger partial charge is 0.256 e. The van der Waals surface area contributed by atoms with Gasteiger partial charge in [0.15, 0.2) is 0 Å². The van der Waals surface area contributed by atoms with Crippen LogP contribution in [0.25, 0.3) is 11.0 Å². The van der Waals surface area contributed by atoms with Crippen molar-refractivity contribution < 1.29 is 14.3 Å². The number of para-hydroxylation sites is 1. The first-order chi connectivity index (χ1) is 12.6. The van der Waals surface area contributed by atoms with E-state index >= 15 is 0 Å². The van der Waals surface area contributed by atoms with Crippen LogP contribution in [0.1, 0.15) is 28.3 Å². The minimum Gasteiger partial charge on any atom is -0.391 e. The third-order valence-corrected chi connectivity index (χ3v) is 4.90. The van der Waals surface area contributed by atoms with Crippen LogP contribution in [0.15, 0.2) is 54.9 Å². The summed E-state index contributed by atoms with van der Waals surface area (Å²) < 4.78 is 13.1. The van der Waals surface area contributed by atoms with Gasteiger partial charge in [0.25, 0.3) is 5.91 Å². The molecule has 0 aliphatic carbocycles. The first-order valence-electron chi connectivity index (χ1n) is 8.56. The molecular formula is C20H18FN3O2. The summed E-state index contributed by atoms with van der Waals surface area (Å²) in [5.41, 5.74) is 2.61. The molecule has 132 valence electrons. The molecule has 1 aromatic heterocycles. The Bertz CT molecular complexity index is 940. The second-order valence-electron chi connectivity index (χ2n) is 6.49. The summed E-state index contributed by atoms with van der Waals surface area (Å²) >= 11 is 0. The minimum atomic E-state index is -0.695. The molecule has 3 aromatic rings. The van der Waals surface area contributed by atoms with Gasteiger partial charge in [0.1, 0.15) is 11.3 Å². The summed E-state index contributed by atoms with van der Waals surface area (Å²) in [6.45, 7) is 0.756. The molecule has 0 spiro atoms. The van der Waals surface area contributed by atoms with E-state index in [0.717, 1.165) is 5.56 Å². The number of aliphatic hydroxyl groups excluding tert-OH is 1. The molecule has 2 heterocycles. The van der Waals surface area contributed by atoms with Gasteiger partial charge in [-0.1, -0.05) is 18.2 Å². The van der Waals surface area contributed by atoms with Crippen LogP contribution in [-0.4, -0.2) is 45.1 Å². The maximum Gasteiger partial charge on any atom is 0.256 e. The van der Waals surface area contributed by atoms with Gasteiger partial charge in [-0.25, -0.2) is 4.39 Å². The SMILES string of the molecule is O=C(c1cccc2nccnc12)N1CC[C@@H](c2ccc(F)cc2)[C@H](O)C1. The molecule has 0 unspecified atom stereocenters. The van der Waals surface area contributed by atoms with E-state index in [-0.39, 0.29) is 24.2 Å². The van der Waals surface area contributed by atoms with E-state index in [0.29, 0.717) is 29.6 Å². The number of fused-ring (bicyclic) bond motifs is 1. The number of amides is 1. The molecule has 0 radical (unpaired) electrons. The number of benzene rings is 2. The fraction of sp³-hybridized carbons (Fsp3) is 0.250. The monoisotopic (exact) mass is 351 g/mol. The van der Waals surface area contributed by atoms with E-state index in [1.54, 1.807) is 41.6 Å². The summed E-state index contributed by atoms with van der Waals surface area (Å²) in [5.74, 6) is -0.562. The van der Waals surface area contributed by atoms with Crippen molar-refractivity contribution in [3.8, 4) is 0 Å². The molecule has 5 nitrogen and oxygen atoms in total. The van der Waals surface area contributed by atoms with Crippen molar-refractivity contribution >= 4 is 16.9 Å². The highest BCUT2D eigenvalue weighted by Gasteiger charge is 2.32. The number of nitrogens with zero attached hydrogens (tertiary/aromatic N) is 3. The number of rotatable bonds is 2. The van der Waals surface area contributed by atoms with E-state index in [9.17, 15) is 14.3 Å². The topological polar surface area (TPSA) is 66.3 Å². The molecule has 1 aliphatic rings. The van der Waals surface area contributed by atoms with Gasteiger partial charge in [-0.05, 0) is 36.2 Å². The van der Waals surface area contributed by atoms with E-state index in [1.165, 1.54) is 12.1 Å². The van der Waals surface area contributed by atoms with Crippen LogP contribution < -0.4 is 0 Å². The van der Waals surface area contributed by atoms with Gasteiger partial charge in [0, 0.05) is 31.4 Å². The Hall–Kier alpha value is -2.86. The zero-order valence-electron chi connectivity index (χ0n) is 14.0. The molecule has 6 heteroatoms. The highest BCUT2D eigenvalue weighted by atomic mass is 19.1. The standard InChI is InChI=1S/C20H18FN3O2/c21-14-6-4-13(5-7-14)15-8-11-24(12-18(15)25)20(26)16-2-1-3-17-19(16)23-10-9-22-17/h1-7,9-10,15,18,25H,8,11-12H2/t15-,18+/m0/s1. The van der Waals surface area contributed by atoms with Crippen molar-refractivity contribution in [3.05, 3.63) is 71.8 Å². The van der Waals surface area contributed by atoms with Crippen LogP contribution in [0.2, 0.25) is 0 Å². The third kappa shape index (κ3) is 3.04. The van der Waals surface area contributed by atoms with E-state index in [1.807, 2.05) is 6.07 Å². The summed E-state index contributed by atoms with van der Waals surface area (Å²) in [4.78, 5) is 23.1. The number of carbonyl (C=O) groups is 1. The van der Waals surface area contributed by atoms with Gasteiger partial charge >= 0.3 is 0 Å². The molecule has 1 amide bonds. The first kappa shape index (κ1) is 16.6. The lowest BCUT2D eigenvalue weighted by atomic mass is 9.87. The Labute approximate surface area is 150 Å². The van der Waals surface area contributed by atoms with Gasteiger partial charge in [-0.3, -0.25) is 14.8 Å². The number of likely N-dealkylation sites (tertiary alicyclic amines) is 1. The van der Waals surface area contributed by atoms with Crippen molar-refractivity contribution in [2.75, 3.05) is 13.1 Å². The van der Waals surface area contributed by atoms with Crippen LogP contribution in [0.4, 0.5) is 4.39 Å². The summed E-state index contributed by atoms with van der Waals surface area (Å²) in [7, 11) is 0. The summed E-state index contributed by atoms with van der Waals surface area (Å²) in [6.07, 6.45) is 3.08. The van der Waals surface area contributed by atoms with E-state index in [4.69, 9.17) is 0 Å². The van der Waals surface area contributed by atoms with Gasteiger partial charge < -0.3 is 10.0 Å². The Morgan fingerprint density at radius 3 is 2.65 bits per heavy atom. The number of hydrogen-bond donors (Lipinski definition) is 1. The van der Waals surface area contributed by atoms with E-state index < -0.39 is 6.10 Å². The number of carbonyl (C=O) groups excluding carboxylic acids is 1. The third-order valence-electron chi connectivity index (χ3n) is 4.90. The van der Waals surface area contributed by atoms with Crippen LogP contribution in [0.5, 0.6) is 0 Å². The fourth-order valence-corrected chi connectivity index (χ4v) is 3.55. The predicted octanol–water partition coefficient (Wildman–Crippen LogP) is 2.76. The fourth-order valence-electron chi connectivity index (χ4n) is 3.55. The Balaban J connectivity index is 1.55. The molecule has 1 N–H and O–H groups in total. The maximum absolute atomic E-state index is 13.1. The zero-order valence-corrected chi connectivity index (χ0v) is 14.0. The highest BCUT2D eigenvalue weighted by molar-refractivity contribution is 6.04. The summed E-state index contributed by atoms with van der Waals surface area (Å²) in [5, 5.41) is 10.6. The lowest BCUT2D eigenvalue weighted by molar-refractivity contribution is 0.0383. The van der Waals surface area contributed by atoms with Gasteiger partial charge in [-0.2, -0.15) is 0 Å². The number of β-amino-alcohol motifs (C(OH)–C–C–N with tert-alkyl or cyclic N) is 1. The second kappa shape index (κ2) is 6.80. The van der Waals surface area contributed by atoms with Crippen molar-refractivity contribution in [2.45, 2.75) is 18.4 Å². The molecule has 26 heavy (non-hydrogen) atoms. The average molecular weight is 351 g/mol. The van der Waals surface area contributed by atoms with E-state index in [2.05, 4.69) is 9.97 Å². The Kier molecular flexibility index (Phi) is 4.34. The Morgan fingerprint density at radius 1 is 1.12 bits per heavy atom. The van der Waals surface area contributed by atoms with Crippen molar-refractivity contribution in [1.82, 2.24) is 14.9 Å². The molecule has 1 fully saturated rings. The molecular weight excluding hydrogens is 333 g/mol. The largest absolute Gasteiger partial charge is 0.391 e. The number of aliphatic hydroxyl groups is 1. The van der Waals surface area contributed by atoms with Gasteiger partial charge in [0.2, 0.25) is 0 Å². The van der Waals surface area contributed by atoms with Gasteiger partial charge in [-0.15, -0.1) is 0 Å². The predicted molar refractivity (Wildman–Crippen MR) is 95.2 cm³/mol. The molecule has 2 atom stereocenters. The molecule has 2 aromatic carbocycles. The van der Waals surface area contributed by atoms with Crippen molar-refractivity contribution in [1.29, 1.82) is 0 Å². The molecule has 0 bridgehead atoms. The molecule has 1 aliphatic heterocycles. The normalized spacial score (nSPS) is 20.3. The van der Waals surface area contributed by atoms with Crippen LogP contribution in [0.3, 0.4) is 0 Å². The van der Waals surface area contributed by atoms with Crippen molar-refractivity contribution in [3.63, 3.8) is 0 Å². The van der Waals surface area contributed by atoms with Crippen molar-refractivity contribution in [2.24, 2.45) is 0 Å². The van der Waals surface area contributed by atoms with Crippen LogP contribution in [0, 0.1) is 5.82 Å². The number of halogens is 1. The molecule has 0 saturated carbocycles. The average Bonchev–Trinajstić information content (AvgIpc) is 2.68. The minimum absolute atomic E-state index is 0.105. The molecule has 1 saturated heterocycles. The summed E-state index contributed by atoms with van der Waals surface area (Å²) in [6, 6.07) is 11.5. The second-order valence-corrected chi connectivity index (χ2v) is 6.49. The van der Waals surface area contributed by atoms with Crippen LogP contribution in [-0.2, 0) is 0 Å². The number of piperidine rings is 1.